The predicted molar refractivity (Wildman–Crippen MR) is 82.5 cm³/mol. The lowest BCUT2D eigenvalue weighted by molar-refractivity contribution is 0.0539. The normalized spacial score (nSPS) is 18.9. The van der Waals surface area contributed by atoms with Crippen molar-refractivity contribution in [1.82, 2.24) is 20.0 Å². The Morgan fingerprint density at radius 2 is 1.96 bits per heavy atom. The molecule has 0 spiro atoms. The second-order valence-corrected chi connectivity index (χ2v) is 5.61. The van der Waals surface area contributed by atoms with Crippen LogP contribution in [0, 0.1) is 5.82 Å². The van der Waals surface area contributed by atoms with E-state index in [1.807, 2.05) is 7.05 Å². The average Bonchev–Trinajstić information content (AvgIpc) is 2.56. The highest BCUT2D eigenvalue weighted by Crippen LogP contribution is 2.24. The first-order chi connectivity index (χ1) is 11.0. The van der Waals surface area contributed by atoms with Crippen LogP contribution < -0.4 is 5.56 Å². The van der Waals surface area contributed by atoms with Crippen LogP contribution in [0.5, 0.6) is 0 Å². The molecule has 1 aliphatic rings. The summed E-state index contributed by atoms with van der Waals surface area (Å²) in [6.45, 7) is 1.77. The summed E-state index contributed by atoms with van der Waals surface area (Å²) >= 11 is 0. The van der Waals surface area contributed by atoms with Gasteiger partial charge in [-0.1, -0.05) is 12.1 Å². The monoisotopic (exact) mass is 316 g/mol. The van der Waals surface area contributed by atoms with Crippen molar-refractivity contribution in [3.05, 3.63) is 63.8 Å². The van der Waals surface area contributed by atoms with Crippen molar-refractivity contribution in [2.24, 2.45) is 0 Å². The molecule has 2 heterocycles. The van der Waals surface area contributed by atoms with Gasteiger partial charge in [0.1, 0.15) is 11.5 Å². The van der Waals surface area contributed by atoms with Crippen LogP contribution in [0.4, 0.5) is 4.39 Å². The zero-order chi connectivity index (χ0) is 16.4. The Bertz CT molecular complexity index is 739. The summed E-state index contributed by atoms with van der Waals surface area (Å²) in [5.74, 6) is -0.501. The third-order valence-corrected chi connectivity index (χ3v) is 4.09. The standard InChI is InChI=1S/C16H17FN4O2/c1-20-8-9-21(16(23)13-6-7-15(22)19-18-13)10-14(20)11-2-4-12(17)5-3-11/h2-7,14H,8-10H2,1H3,(H,19,22). The number of carbonyl (C=O) groups is 1. The first-order valence-corrected chi connectivity index (χ1v) is 7.35. The van der Waals surface area contributed by atoms with Crippen LogP contribution in [-0.4, -0.2) is 52.6 Å². The lowest BCUT2D eigenvalue weighted by Gasteiger charge is -2.39. The number of hydrogen-bond acceptors (Lipinski definition) is 4. The van der Waals surface area contributed by atoms with Gasteiger partial charge < -0.3 is 4.90 Å². The third-order valence-electron chi connectivity index (χ3n) is 4.09. The Balaban J connectivity index is 1.79. The molecule has 1 fully saturated rings. The molecule has 7 heteroatoms. The molecule has 3 rings (SSSR count). The number of benzene rings is 1. The maximum absolute atomic E-state index is 13.1. The molecule has 0 aliphatic carbocycles. The number of carbonyl (C=O) groups excluding carboxylic acids is 1. The second kappa shape index (κ2) is 6.29. The van der Waals surface area contributed by atoms with E-state index < -0.39 is 0 Å². The molecule has 1 saturated heterocycles. The van der Waals surface area contributed by atoms with Crippen molar-refractivity contribution >= 4 is 5.91 Å². The molecule has 1 N–H and O–H groups in total. The summed E-state index contributed by atoms with van der Waals surface area (Å²) in [6.07, 6.45) is 0. The van der Waals surface area contributed by atoms with Gasteiger partial charge in [0.15, 0.2) is 0 Å². The zero-order valence-corrected chi connectivity index (χ0v) is 12.7. The molecule has 0 bridgehead atoms. The molecule has 1 unspecified atom stereocenters. The molecule has 1 amide bonds. The number of piperazine rings is 1. The number of H-pyrrole nitrogens is 1. The number of halogens is 1. The minimum absolute atomic E-state index is 0.00365. The molecule has 6 nitrogen and oxygen atoms in total. The zero-order valence-electron chi connectivity index (χ0n) is 12.7. The van der Waals surface area contributed by atoms with E-state index in [-0.39, 0.29) is 29.0 Å². The number of aromatic nitrogens is 2. The minimum atomic E-state index is -0.343. The molecule has 120 valence electrons. The van der Waals surface area contributed by atoms with Crippen molar-refractivity contribution in [2.45, 2.75) is 6.04 Å². The molecule has 0 radical (unpaired) electrons. The van der Waals surface area contributed by atoms with E-state index >= 15 is 0 Å². The lowest BCUT2D eigenvalue weighted by Crippen LogP contribution is -2.49. The SMILES string of the molecule is CN1CCN(C(=O)c2ccc(=O)[nH]n2)CC1c1ccc(F)cc1. The molecular weight excluding hydrogens is 299 g/mol. The minimum Gasteiger partial charge on any atom is -0.334 e. The van der Waals surface area contributed by atoms with Gasteiger partial charge in [-0.3, -0.25) is 14.5 Å². The average molecular weight is 316 g/mol. The Labute approximate surface area is 132 Å². The topological polar surface area (TPSA) is 69.3 Å². The first kappa shape index (κ1) is 15.4. The Morgan fingerprint density at radius 1 is 1.22 bits per heavy atom. The van der Waals surface area contributed by atoms with Gasteiger partial charge in [-0.2, -0.15) is 5.10 Å². The van der Waals surface area contributed by atoms with Gasteiger partial charge in [0.25, 0.3) is 11.5 Å². The number of aromatic amines is 1. The van der Waals surface area contributed by atoms with Gasteiger partial charge >= 0.3 is 0 Å². The summed E-state index contributed by atoms with van der Waals surface area (Å²) in [7, 11) is 1.98. The Kier molecular flexibility index (Phi) is 4.20. The van der Waals surface area contributed by atoms with Crippen LogP contribution in [0.15, 0.2) is 41.2 Å². The van der Waals surface area contributed by atoms with Crippen LogP contribution in [0.1, 0.15) is 22.1 Å². The highest BCUT2D eigenvalue weighted by molar-refractivity contribution is 5.92. The molecule has 0 saturated carbocycles. The third kappa shape index (κ3) is 3.29. The smallest absolute Gasteiger partial charge is 0.274 e. The maximum atomic E-state index is 13.1. The number of likely N-dealkylation sites (N-methyl/N-ethyl adjacent to an activating group) is 1. The number of nitrogens with one attached hydrogen (secondary N) is 1. The van der Waals surface area contributed by atoms with E-state index in [9.17, 15) is 14.0 Å². The van der Waals surface area contributed by atoms with Crippen LogP contribution in [0.3, 0.4) is 0 Å². The number of amides is 1. The van der Waals surface area contributed by atoms with Gasteiger partial charge in [0.05, 0.1) is 6.04 Å². The van der Waals surface area contributed by atoms with Gasteiger partial charge in [0.2, 0.25) is 0 Å². The van der Waals surface area contributed by atoms with Crippen LogP contribution in [0.2, 0.25) is 0 Å². The Morgan fingerprint density at radius 3 is 2.61 bits per heavy atom. The molecule has 23 heavy (non-hydrogen) atoms. The molecule has 1 aliphatic heterocycles. The highest BCUT2D eigenvalue weighted by atomic mass is 19.1. The molecular formula is C16H17FN4O2. The fraction of sp³-hybridized carbons (Fsp3) is 0.312. The van der Waals surface area contributed by atoms with E-state index in [2.05, 4.69) is 15.1 Å². The largest absolute Gasteiger partial charge is 0.334 e. The summed E-state index contributed by atoms with van der Waals surface area (Å²) in [5.41, 5.74) is 0.831. The van der Waals surface area contributed by atoms with Crippen LogP contribution >= 0.6 is 0 Å². The summed E-state index contributed by atoms with van der Waals surface area (Å²) < 4.78 is 13.1. The van der Waals surface area contributed by atoms with Gasteiger partial charge in [-0.25, -0.2) is 9.49 Å². The number of rotatable bonds is 2. The van der Waals surface area contributed by atoms with E-state index in [0.29, 0.717) is 19.6 Å². The lowest BCUT2D eigenvalue weighted by atomic mass is 10.0. The quantitative estimate of drug-likeness (QED) is 0.899. The van der Waals surface area contributed by atoms with Crippen LogP contribution in [0.25, 0.3) is 0 Å². The van der Waals surface area contributed by atoms with Crippen molar-refractivity contribution < 1.29 is 9.18 Å². The van der Waals surface area contributed by atoms with Crippen LogP contribution in [-0.2, 0) is 0 Å². The Hall–Kier alpha value is -2.54. The van der Waals surface area contributed by atoms with E-state index in [1.165, 1.54) is 24.3 Å². The van der Waals surface area contributed by atoms with Crippen molar-refractivity contribution in [2.75, 3.05) is 26.7 Å². The van der Waals surface area contributed by atoms with Gasteiger partial charge in [0, 0.05) is 25.7 Å². The van der Waals surface area contributed by atoms with Crippen molar-refractivity contribution in [3.63, 3.8) is 0 Å². The number of hydrogen-bond donors (Lipinski definition) is 1. The highest BCUT2D eigenvalue weighted by Gasteiger charge is 2.29. The molecule has 1 atom stereocenters. The fourth-order valence-corrected chi connectivity index (χ4v) is 2.73. The van der Waals surface area contributed by atoms with E-state index in [4.69, 9.17) is 0 Å². The second-order valence-electron chi connectivity index (χ2n) is 5.61. The van der Waals surface area contributed by atoms with Crippen molar-refractivity contribution in [3.8, 4) is 0 Å². The molecule has 2 aromatic rings. The van der Waals surface area contributed by atoms with Crippen molar-refractivity contribution in [1.29, 1.82) is 0 Å². The van der Waals surface area contributed by atoms with Gasteiger partial charge in [-0.05, 0) is 30.8 Å². The van der Waals surface area contributed by atoms with E-state index in [0.717, 1.165) is 5.56 Å². The summed E-state index contributed by atoms with van der Waals surface area (Å²) in [6, 6.07) is 9.03. The first-order valence-electron chi connectivity index (χ1n) is 7.35. The number of nitrogens with zero attached hydrogens (tertiary/aromatic N) is 3. The van der Waals surface area contributed by atoms with Gasteiger partial charge in [-0.15, -0.1) is 0 Å². The summed E-state index contributed by atoms with van der Waals surface area (Å²) in [5, 5.41) is 6.06. The molecule has 1 aromatic carbocycles. The molecule has 1 aromatic heterocycles. The van der Waals surface area contributed by atoms with E-state index in [1.54, 1.807) is 17.0 Å². The summed E-state index contributed by atoms with van der Waals surface area (Å²) in [4.78, 5) is 27.4. The maximum Gasteiger partial charge on any atom is 0.274 e. The predicted octanol–water partition coefficient (Wildman–Crippen LogP) is 1.04. The fourth-order valence-electron chi connectivity index (χ4n) is 2.73.